The van der Waals surface area contributed by atoms with Crippen LogP contribution >= 0.6 is 0 Å². The van der Waals surface area contributed by atoms with Crippen LogP contribution < -0.4 is 5.73 Å². The average molecular weight is 99.1 g/mol. The summed E-state index contributed by atoms with van der Waals surface area (Å²) in [4.78, 5) is 0. The van der Waals surface area contributed by atoms with Crippen LogP contribution in [0.25, 0.3) is 0 Å². The molecule has 0 saturated heterocycles. The molecule has 0 spiro atoms. The minimum absolute atomic E-state index is 0.000000000000000222. The smallest absolute Gasteiger partial charge is 0.177 e. The normalized spacial score (nSPS) is 9.14. The minimum atomic E-state index is 0.000000000000000222. The lowest BCUT2D eigenvalue weighted by Gasteiger charge is -1.78. The molecular weight excluding hydrogens is 94.0 g/mol. The molecule has 0 bridgehead atoms. The van der Waals surface area contributed by atoms with Crippen molar-refractivity contribution in [1.82, 2.24) is 0 Å². The molecule has 1 aromatic heterocycles. The number of hydrogen-bond donors (Lipinski definition) is 2. The van der Waals surface area contributed by atoms with Gasteiger partial charge in [-0.05, 0) is 0 Å². The Labute approximate surface area is 40.4 Å². The molecule has 3 N–H and O–H groups in total. The highest BCUT2D eigenvalue weighted by atomic mass is 16.3. The van der Waals surface area contributed by atoms with Crippen molar-refractivity contribution in [3.63, 3.8) is 0 Å². The van der Waals surface area contributed by atoms with Crippen molar-refractivity contribution in [3.05, 3.63) is 12.5 Å². The monoisotopic (exact) mass is 99.0 g/mol. The number of aromatic hydroxyl groups is 1. The van der Waals surface area contributed by atoms with Crippen LogP contribution in [0.5, 0.6) is 5.75 Å². The first-order valence-electron chi connectivity index (χ1n) is 1.81. The van der Waals surface area contributed by atoms with E-state index in [-0.39, 0.29) is 11.4 Å². The van der Waals surface area contributed by atoms with Crippen molar-refractivity contribution >= 4 is 5.69 Å². The Morgan fingerprint density at radius 2 is 2.29 bits per heavy atom. The van der Waals surface area contributed by atoms with Gasteiger partial charge in [0.2, 0.25) is 0 Å². The standard InChI is InChI=1S/C4H5NO2/c5-3-1-7-2-4(3)6/h1-2,6H,5H2. The third-order valence-electron chi connectivity index (χ3n) is 0.670. The molecule has 0 radical (unpaired) electrons. The minimum Gasteiger partial charge on any atom is -0.503 e. The fourth-order valence-corrected chi connectivity index (χ4v) is 0.300. The average Bonchev–Trinajstić information content (AvgIpc) is 1.91. The van der Waals surface area contributed by atoms with Gasteiger partial charge in [-0.25, -0.2) is 0 Å². The number of furan rings is 1. The van der Waals surface area contributed by atoms with Crippen LogP contribution in [-0.4, -0.2) is 5.11 Å². The summed E-state index contributed by atoms with van der Waals surface area (Å²) in [7, 11) is 0. The summed E-state index contributed by atoms with van der Waals surface area (Å²) in [6.07, 6.45) is 2.45. The summed E-state index contributed by atoms with van der Waals surface area (Å²) in [5.74, 6) is 0.000000000000000222. The predicted octanol–water partition coefficient (Wildman–Crippen LogP) is 0.567. The molecular formula is C4H5NO2. The lowest BCUT2D eigenvalue weighted by Crippen LogP contribution is -1.77. The van der Waals surface area contributed by atoms with Crippen LogP contribution in [-0.2, 0) is 0 Å². The van der Waals surface area contributed by atoms with Gasteiger partial charge in [-0.15, -0.1) is 0 Å². The number of anilines is 1. The Bertz CT molecular complexity index is 142. The first kappa shape index (κ1) is 4.05. The molecule has 0 saturated carbocycles. The maximum Gasteiger partial charge on any atom is 0.177 e. The first-order chi connectivity index (χ1) is 3.30. The van der Waals surface area contributed by atoms with E-state index < -0.39 is 0 Å². The molecule has 0 aliphatic carbocycles. The second-order valence-corrected chi connectivity index (χ2v) is 1.21. The van der Waals surface area contributed by atoms with E-state index in [4.69, 9.17) is 10.8 Å². The van der Waals surface area contributed by atoms with Gasteiger partial charge < -0.3 is 15.3 Å². The van der Waals surface area contributed by atoms with Crippen LogP contribution in [0.2, 0.25) is 0 Å². The van der Waals surface area contributed by atoms with Gasteiger partial charge in [0.1, 0.15) is 18.2 Å². The third kappa shape index (κ3) is 0.513. The van der Waals surface area contributed by atoms with Crippen molar-refractivity contribution in [2.75, 3.05) is 5.73 Å². The summed E-state index contributed by atoms with van der Waals surface area (Å²) < 4.78 is 4.47. The molecule has 0 atom stereocenters. The topological polar surface area (TPSA) is 59.4 Å². The molecule has 1 aromatic rings. The van der Waals surface area contributed by atoms with Crippen molar-refractivity contribution in [2.45, 2.75) is 0 Å². The summed E-state index contributed by atoms with van der Waals surface area (Å²) in [6.45, 7) is 0. The van der Waals surface area contributed by atoms with Gasteiger partial charge in [-0.1, -0.05) is 0 Å². The molecule has 3 heteroatoms. The number of rotatable bonds is 0. The van der Waals surface area contributed by atoms with E-state index in [0.717, 1.165) is 0 Å². The van der Waals surface area contributed by atoms with Gasteiger partial charge in [0.15, 0.2) is 5.75 Å². The molecule has 0 aromatic carbocycles. The first-order valence-corrected chi connectivity index (χ1v) is 1.81. The summed E-state index contributed by atoms with van der Waals surface area (Å²) >= 11 is 0. The highest BCUT2D eigenvalue weighted by Gasteiger charge is 1.93. The van der Waals surface area contributed by atoms with Crippen molar-refractivity contribution in [1.29, 1.82) is 0 Å². The van der Waals surface area contributed by atoms with E-state index in [2.05, 4.69) is 4.42 Å². The Balaban J connectivity index is 3.12. The van der Waals surface area contributed by atoms with Crippen LogP contribution in [0.3, 0.4) is 0 Å². The largest absolute Gasteiger partial charge is 0.503 e. The maximum atomic E-state index is 8.54. The van der Waals surface area contributed by atoms with Crippen molar-refractivity contribution in [2.24, 2.45) is 0 Å². The molecule has 1 rings (SSSR count). The zero-order chi connectivity index (χ0) is 5.28. The van der Waals surface area contributed by atoms with Gasteiger partial charge in [-0.3, -0.25) is 0 Å². The van der Waals surface area contributed by atoms with Gasteiger partial charge in [0, 0.05) is 0 Å². The molecule has 7 heavy (non-hydrogen) atoms. The van der Waals surface area contributed by atoms with Crippen LogP contribution in [0.4, 0.5) is 5.69 Å². The lowest BCUT2D eigenvalue weighted by atomic mass is 10.5. The lowest BCUT2D eigenvalue weighted by molar-refractivity contribution is 0.459. The Morgan fingerprint density at radius 3 is 2.43 bits per heavy atom. The van der Waals surface area contributed by atoms with Gasteiger partial charge >= 0.3 is 0 Å². The molecule has 0 aliphatic rings. The summed E-state index contributed by atoms with van der Waals surface area (Å²) in [6, 6.07) is 0. The molecule has 38 valence electrons. The van der Waals surface area contributed by atoms with E-state index in [1.165, 1.54) is 12.5 Å². The van der Waals surface area contributed by atoms with Gasteiger partial charge in [-0.2, -0.15) is 0 Å². The van der Waals surface area contributed by atoms with Crippen LogP contribution in [0.1, 0.15) is 0 Å². The number of nitrogen functional groups attached to an aromatic ring is 1. The van der Waals surface area contributed by atoms with E-state index in [1.54, 1.807) is 0 Å². The Kier molecular flexibility index (Phi) is 0.685. The Hall–Kier alpha value is -1.12. The van der Waals surface area contributed by atoms with Gasteiger partial charge in [0.25, 0.3) is 0 Å². The molecule has 3 nitrogen and oxygen atoms in total. The van der Waals surface area contributed by atoms with E-state index >= 15 is 0 Å². The number of nitrogens with two attached hydrogens (primary N) is 1. The molecule has 0 amide bonds. The second kappa shape index (κ2) is 1.18. The van der Waals surface area contributed by atoms with E-state index in [9.17, 15) is 0 Å². The second-order valence-electron chi connectivity index (χ2n) is 1.21. The zero-order valence-electron chi connectivity index (χ0n) is 3.59. The van der Waals surface area contributed by atoms with Crippen LogP contribution in [0.15, 0.2) is 16.9 Å². The SMILES string of the molecule is Nc1cocc1O. The van der Waals surface area contributed by atoms with Crippen molar-refractivity contribution < 1.29 is 9.52 Å². The summed E-state index contributed by atoms with van der Waals surface area (Å²) in [5.41, 5.74) is 5.37. The molecule has 1 heterocycles. The number of hydrogen-bond acceptors (Lipinski definition) is 3. The van der Waals surface area contributed by atoms with E-state index in [1.807, 2.05) is 0 Å². The third-order valence-corrected chi connectivity index (χ3v) is 0.670. The molecule has 0 unspecified atom stereocenters. The fourth-order valence-electron chi connectivity index (χ4n) is 0.300. The van der Waals surface area contributed by atoms with Crippen molar-refractivity contribution in [3.8, 4) is 5.75 Å². The fraction of sp³-hybridized carbons (Fsp3) is 0. The predicted molar refractivity (Wildman–Crippen MR) is 24.8 cm³/mol. The van der Waals surface area contributed by atoms with Gasteiger partial charge in [0.05, 0.1) is 0 Å². The quantitative estimate of drug-likeness (QED) is 0.499. The Morgan fingerprint density at radius 1 is 1.57 bits per heavy atom. The molecule has 0 aliphatic heterocycles. The zero-order valence-corrected chi connectivity index (χ0v) is 3.59. The van der Waals surface area contributed by atoms with E-state index in [0.29, 0.717) is 0 Å². The summed E-state index contributed by atoms with van der Waals surface area (Å²) in [5, 5.41) is 8.54. The molecule has 0 fully saturated rings. The highest BCUT2D eigenvalue weighted by Crippen LogP contribution is 2.18. The van der Waals surface area contributed by atoms with Crippen LogP contribution in [0, 0.1) is 0 Å². The highest BCUT2D eigenvalue weighted by molar-refractivity contribution is 5.47. The maximum absolute atomic E-state index is 8.54.